The highest BCUT2D eigenvalue weighted by molar-refractivity contribution is 5.75. The minimum Gasteiger partial charge on any atom is -0.300 e. The molecule has 0 aliphatic heterocycles. The number of hydrogen-bond donors (Lipinski definition) is 0. The van der Waals surface area contributed by atoms with E-state index in [0.29, 0.717) is 6.42 Å². The van der Waals surface area contributed by atoms with E-state index in [2.05, 4.69) is 11.6 Å². The normalized spacial score (nSPS) is 9.86. The summed E-state index contributed by atoms with van der Waals surface area (Å²) in [5.41, 5.74) is 3.01. The summed E-state index contributed by atoms with van der Waals surface area (Å²) in [6.07, 6.45) is 3.08. The van der Waals surface area contributed by atoms with Crippen LogP contribution in [-0.2, 0) is 11.2 Å². The molecular weight excluding hydrogens is 174 g/mol. The number of carbonyl (C=O) groups excluding carboxylic acids is 1. The van der Waals surface area contributed by atoms with E-state index in [0.717, 1.165) is 23.4 Å². The van der Waals surface area contributed by atoms with E-state index in [-0.39, 0.29) is 5.78 Å². The molecule has 0 saturated carbocycles. The summed E-state index contributed by atoms with van der Waals surface area (Å²) in [6.45, 7) is 7.26. The summed E-state index contributed by atoms with van der Waals surface area (Å²) < 4.78 is 0. The van der Waals surface area contributed by atoms with Crippen molar-refractivity contribution < 1.29 is 4.79 Å². The fourth-order valence-corrected chi connectivity index (χ4v) is 1.32. The van der Waals surface area contributed by atoms with Gasteiger partial charge in [0.05, 0.1) is 0 Å². The molecule has 0 atom stereocenters. The predicted molar refractivity (Wildman–Crippen MR) is 58.1 cm³/mol. The van der Waals surface area contributed by atoms with Crippen molar-refractivity contribution in [2.45, 2.75) is 26.7 Å². The first kappa shape index (κ1) is 10.6. The molecule has 0 saturated heterocycles. The monoisotopic (exact) mass is 189 g/mol. The summed E-state index contributed by atoms with van der Waals surface area (Å²) in [4.78, 5) is 15.2. The lowest BCUT2D eigenvalue weighted by Crippen LogP contribution is -1.98. The third kappa shape index (κ3) is 3.13. The number of Topliss-reactive ketones (excluding diaryl/α,β-unsaturated/α-hetero) is 1. The highest BCUT2D eigenvalue weighted by atomic mass is 16.1. The second kappa shape index (κ2) is 4.70. The lowest BCUT2D eigenvalue weighted by molar-refractivity contribution is -0.116. The van der Waals surface area contributed by atoms with E-state index in [1.54, 1.807) is 13.0 Å². The molecule has 0 amide bonds. The molecule has 1 rings (SSSR count). The van der Waals surface area contributed by atoms with Gasteiger partial charge in [-0.25, -0.2) is 0 Å². The molecule has 0 radical (unpaired) electrons. The van der Waals surface area contributed by atoms with Crippen LogP contribution in [-0.4, -0.2) is 10.8 Å². The Morgan fingerprint density at radius 2 is 2.29 bits per heavy atom. The van der Waals surface area contributed by atoms with E-state index in [9.17, 15) is 4.79 Å². The Labute approximate surface area is 84.7 Å². The zero-order valence-corrected chi connectivity index (χ0v) is 8.71. The number of pyridine rings is 1. The molecule has 0 aliphatic rings. The maximum Gasteiger partial charge on any atom is 0.130 e. The van der Waals surface area contributed by atoms with Crippen molar-refractivity contribution in [1.29, 1.82) is 0 Å². The second-order valence-electron chi connectivity index (χ2n) is 3.44. The van der Waals surface area contributed by atoms with Crippen molar-refractivity contribution >= 4 is 11.9 Å². The van der Waals surface area contributed by atoms with Gasteiger partial charge < -0.3 is 4.79 Å². The maximum absolute atomic E-state index is 10.8. The van der Waals surface area contributed by atoms with Gasteiger partial charge in [0.1, 0.15) is 5.78 Å². The Kier molecular flexibility index (Phi) is 3.57. The highest BCUT2D eigenvalue weighted by Crippen LogP contribution is 2.08. The molecule has 0 bridgehead atoms. The van der Waals surface area contributed by atoms with E-state index < -0.39 is 0 Å². The van der Waals surface area contributed by atoms with Gasteiger partial charge in [-0.3, -0.25) is 4.98 Å². The summed E-state index contributed by atoms with van der Waals surface area (Å²) in [7, 11) is 0. The van der Waals surface area contributed by atoms with Gasteiger partial charge in [0, 0.05) is 17.8 Å². The summed E-state index contributed by atoms with van der Waals surface area (Å²) >= 11 is 0. The Morgan fingerprint density at radius 3 is 2.86 bits per heavy atom. The fraction of sp³-hybridized carbons (Fsp3) is 0.333. The molecule has 14 heavy (non-hydrogen) atoms. The molecule has 0 fully saturated rings. The third-order valence-electron chi connectivity index (χ3n) is 2.00. The van der Waals surface area contributed by atoms with Crippen LogP contribution in [0, 0.1) is 6.92 Å². The molecule has 1 aromatic heterocycles. The van der Waals surface area contributed by atoms with Crippen LogP contribution in [0.3, 0.4) is 0 Å². The minimum absolute atomic E-state index is 0.202. The van der Waals surface area contributed by atoms with Crippen molar-refractivity contribution in [3.8, 4) is 0 Å². The van der Waals surface area contributed by atoms with Crippen LogP contribution in [0.5, 0.6) is 0 Å². The number of aromatic nitrogens is 1. The standard InChI is InChI=1S/C12H15NO/c1-4-11-7-9(2)13-12(8-11)6-5-10(3)14/h4,7-8H,1,5-6H2,2-3H3. The van der Waals surface area contributed by atoms with Crippen LogP contribution in [0.4, 0.5) is 0 Å². The lowest BCUT2D eigenvalue weighted by atomic mass is 10.1. The van der Waals surface area contributed by atoms with Crippen LogP contribution < -0.4 is 0 Å². The SMILES string of the molecule is C=Cc1cc(C)nc(CCC(C)=O)c1. The van der Waals surface area contributed by atoms with Gasteiger partial charge in [-0.05, 0) is 38.0 Å². The van der Waals surface area contributed by atoms with E-state index in [1.165, 1.54) is 0 Å². The Hall–Kier alpha value is -1.44. The number of carbonyl (C=O) groups is 1. The third-order valence-corrected chi connectivity index (χ3v) is 2.00. The van der Waals surface area contributed by atoms with Crippen molar-refractivity contribution in [3.63, 3.8) is 0 Å². The Bertz CT molecular complexity index is 355. The summed E-state index contributed by atoms with van der Waals surface area (Å²) in [6, 6.07) is 3.95. The summed E-state index contributed by atoms with van der Waals surface area (Å²) in [5.74, 6) is 0.202. The smallest absolute Gasteiger partial charge is 0.130 e. The second-order valence-corrected chi connectivity index (χ2v) is 3.44. The molecular formula is C12H15NO. The quantitative estimate of drug-likeness (QED) is 0.728. The molecule has 0 aromatic carbocycles. The first-order valence-corrected chi connectivity index (χ1v) is 4.71. The fourth-order valence-electron chi connectivity index (χ4n) is 1.32. The van der Waals surface area contributed by atoms with Crippen molar-refractivity contribution in [3.05, 3.63) is 35.7 Å². The van der Waals surface area contributed by atoms with Crippen LogP contribution in [0.25, 0.3) is 6.08 Å². The number of rotatable bonds is 4. The molecule has 0 spiro atoms. The molecule has 74 valence electrons. The van der Waals surface area contributed by atoms with Gasteiger partial charge in [0.15, 0.2) is 0 Å². The first-order valence-electron chi connectivity index (χ1n) is 4.71. The number of aryl methyl sites for hydroxylation is 2. The Morgan fingerprint density at radius 1 is 1.57 bits per heavy atom. The van der Waals surface area contributed by atoms with Crippen molar-refractivity contribution in [2.24, 2.45) is 0 Å². The highest BCUT2D eigenvalue weighted by Gasteiger charge is 2.00. The molecule has 2 heteroatoms. The van der Waals surface area contributed by atoms with Crippen LogP contribution in [0.15, 0.2) is 18.7 Å². The lowest BCUT2D eigenvalue weighted by Gasteiger charge is -2.02. The van der Waals surface area contributed by atoms with E-state index >= 15 is 0 Å². The average molecular weight is 189 g/mol. The first-order chi connectivity index (χ1) is 6.61. The minimum atomic E-state index is 0.202. The Balaban J connectivity index is 2.81. The zero-order chi connectivity index (χ0) is 10.6. The molecule has 1 heterocycles. The molecule has 0 unspecified atom stereocenters. The van der Waals surface area contributed by atoms with Gasteiger partial charge >= 0.3 is 0 Å². The van der Waals surface area contributed by atoms with Crippen LogP contribution in [0.1, 0.15) is 30.3 Å². The van der Waals surface area contributed by atoms with Gasteiger partial charge in [0.25, 0.3) is 0 Å². The van der Waals surface area contributed by atoms with E-state index in [4.69, 9.17) is 0 Å². The zero-order valence-electron chi connectivity index (χ0n) is 8.71. The van der Waals surface area contributed by atoms with Crippen molar-refractivity contribution in [2.75, 3.05) is 0 Å². The molecule has 2 nitrogen and oxygen atoms in total. The maximum atomic E-state index is 10.8. The summed E-state index contributed by atoms with van der Waals surface area (Å²) in [5, 5.41) is 0. The number of hydrogen-bond acceptors (Lipinski definition) is 2. The van der Waals surface area contributed by atoms with Crippen LogP contribution >= 0.6 is 0 Å². The number of ketones is 1. The average Bonchev–Trinajstić information content (AvgIpc) is 2.14. The largest absolute Gasteiger partial charge is 0.300 e. The molecule has 0 aliphatic carbocycles. The van der Waals surface area contributed by atoms with Gasteiger partial charge in [0.2, 0.25) is 0 Å². The topological polar surface area (TPSA) is 30.0 Å². The molecule has 1 aromatic rings. The van der Waals surface area contributed by atoms with Crippen LogP contribution in [0.2, 0.25) is 0 Å². The van der Waals surface area contributed by atoms with Gasteiger partial charge in [-0.2, -0.15) is 0 Å². The van der Waals surface area contributed by atoms with Crippen molar-refractivity contribution in [1.82, 2.24) is 4.98 Å². The van der Waals surface area contributed by atoms with E-state index in [1.807, 2.05) is 19.1 Å². The van der Waals surface area contributed by atoms with Gasteiger partial charge in [-0.15, -0.1) is 0 Å². The predicted octanol–water partition coefficient (Wildman–Crippen LogP) is 2.55. The van der Waals surface area contributed by atoms with Gasteiger partial charge in [-0.1, -0.05) is 12.7 Å². The number of nitrogens with zero attached hydrogens (tertiary/aromatic N) is 1. The molecule has 0 N–H and O–H groups in total.